The lowest BCUT2D eigenvalue weighted by molar-refractivity contribution is 0.173. The van der Waals surface area contributed by atoms with Crippen molar-refractivity contribution in [1.29, 1.82) is 0 Å². The molecule has 1 saturated carbocycles. The van der Waals surface area contributed by atoms with Gasteiger partial charge in [0.1, 0.15) is 0 Å². The molecule has 3 rings (SSSR count). The zero-order chi connectivity index (χ0) is 15.1. The van der Waals surface area contributed by atoms with Crippen molar-refractivity contribution in [3.05, 3.63) is 35.4 Å². The lowest BCUT2D eigenvalue weighted by atomic mass is 9.66. The highest BCUT2D eigenvalue weighted by atomic mass is 32.2. The van der Waals surface area contributed by atoms with Gasteiger partial charge >= 0.3 is 0 Å². The molecule has 3 nitrogen and oxygen atoms in total. The van der Waals surface area contributed by atoms with E-state index in [1.165, 1.54) is 17.4 Å². The molecule has 1 aromatic rings. The van der Waals surface area contributed by atoms with Gasteiger partial charge < -0.3 is 5.32 Å². The molecule has 3 atom stereocenters. The third-order valence-corrected chi connectivity index (χ3v) is 7.29. The summed E-state index contributed by atoms with van der Waals surface area (Å²) in [5.74, 6) is 0.314. The lowest BCUT2D eigenvalue weighted by Crippen LogP contribution is -2.49. The first-order valence-corrected chi connectivity index (χ1v) is 9.85. The van der Waals surface area contributed by atoms with E-state index in [1.807, 2.05) is 0 Å². The van der Waals surface area contributed by atoms with Crippen molar-refractivity contribution < 1.29 is 8.42 Å². The number of piperidine rings is 1. The molecule has 4 heteroatoms. The zero-order valence-corrected chi connectivity index (χ0v) is 13.7. The minimum atomic E-state index is -2.99. The van der Waals surface area contributed by atoms with Gasteiger partial charge in [-0.05, 0) is 43.7 Å². The number of benzene rings is 1. The van der Waals surface area contributed by atoms with Gasteiger partial charge in [0.15, 0.2) is 9.84 Å². The van der Waals surface area contributed by atoms with Crippen molar-refractivity contribution >= 4 is 9.84 Å². The van der Waals surface area contributed by atoms with Crippen molar-refractivity contribution in [2.24, 2.45) is 5.41 Å². The molecule has 3 unspecified atom stereocenters. The first-order valence-electron chi connectivity index (χ1n) is 7.90. The fourth-order valence-corrected chi connectivity index (χ4v) is 6.43. The van der Waals surface area contributed by atoms with Gasteiger partial charge in [0.2, 0.25) is 0 Å². The molecule has 0 aromatic heterocycles. The Morgan fingerprint density at radius 2 is 1.90 bits per heavy atom. The smallest absolute Gasteiger partial charge is 0.150 e. The number of hydrogen-bond donors (Lipinski definition) is 1. The van der Waals surface area contributed by atoms with Gasteiger partial charge in [-0.1, -0.05) is 36.2 Å². The van der Waals surface area contributed by atoms with Gasteiger partial charge in [-0.3, -0.25) is 0 Å². The van der Waals surface area contributed by atoms with Crippen LogP contribution >= 0.6 is 0 Å². The molecule has 1 heterocycles. The number of aryl methyl sites for hydroxylation is 1. The van der Waals surface area contributed by atoms with E-state index in [0.717, 1.165) is 38.8 Å². The van der Waals surface area contributed by atoms with Crippen LogP contribution in [0, 0.1) is 12.3 Å². The van der Waals surface area contributed by atoms with Crippen LogP contribution in [-0.4, -0.2) is 33.0 Å². The van der Waals surface area contributed by atoms with Crippen LogP contribution in [0.3, 0.4) is 0 Å². The summed E-state index contributed by atoms with van der Waals surface area (Å²) in [7, 11) is -2.99. The van der Waals surface area contributed by atoms with Crippen molar-refractivity contribution in [3.63, 3.8) is 0 Å². The Kier molecular flexibility index (Phi) is 3.87. The van der Waals surface area contributed by atoms with Crippen LogP contribution in [0.2, 0.25) is 0 Å². The molecule has 1 saturated heterocycles. The van der Waals surface area contributed by atoms with Crippen LogP contribution in [0.25, 0.3) is 0 Å². The van der Waals surface area contributed by atoms with Crippen LogP contribution < -0.4 is 5.32 Å². The van der Waals surface area contributed by atoms with E-state index in [-0.39, 0.29) is 10.7 Å². The normalized spacial score (nSPS) is 33.4. The largest absolute Gasteiger partial charge is 0.316 e. The molecular weight excluding hydrogens is 282 g/mol. The Balaban J connectivity index is 2.03. The average molecular weight is 307 g/mol. The molecule has 1 aliphatic heterocycles. The van der Waals surface area contributed by atoms with Crippen LogP contribution in [0.1, 0.15) is 42.7 Å². The van der Waals surface area contributed by atoms with E-state index >= 15 is 0 Å². The van der Waals surface area contributed by atoms with Crippen molar-refractivity contribution in [1.82, 2.24) is 5.32 Å². The second-order valence-electron chi connectivity index (χ2n) is 6.86. The number of rotatable bonds is 2. The highest BCUT2D eigenvalue weighted by Crippen LogP contribution is 2.54. The van der Waals surface area contributed by atoms with Crippen LogP contribution in [0.4, 0.5) is 0 Å². The summed E-state index contributed by atoms with van der Waals surface area (Å²) in [6, 6.07) is 8.66. The first-order chi connectivity index (χ1) is 9.93. The quantitative estimate of drug-likeness (QED) is 0.913. The SMILES string of the molecule is Cc1ccc(C2CNCCC23CCCC3S(C)(=O)=O)cc1. The molecule has 21 heavy (non-hydrogen) atoms. The Hall–Kier alpha value is -0.870. The molecule has 116 valence electrons. The standard InChI is InChI=1S/C17H25NO2S/c1-13-5-7-14(8-6-13)15-12-18-11-10-17(15)9-3-4-16(17)21(2,19)20/h5-8,15-16,18H,3-4,9-12H2,1-2H3. The van der Waals surface area contributed by atoms with Crippen LogP contribution in [0.15, 0.2) is 24.3 Å². The van der Waals surface area contributed by atoms with Crippen molar-refractivity contribution in [3.8, 4) is 0 Å². The van der Waals surface area contributed by atoms with Gasteiger partial charge in [-0.25, -0.2) is 8.42 Å². The van der Waals surface area contributed by atoms with E-state index in [9.17, 15) is 8.42 Å². The molecule has 0 amide bonds. The predicted octanol–water partition coefficient (Wildman–Crippen LogP) is 2.66. The van der Waals surface area contributed by atoms with Gasteiger partial charge in [-0.15, -0.1) is 0 Å². The van der Waals surface area contributed by atoms with E-state index in [0.29, 0.717) is 5.92 Å². The molecule has 2 aliphatic rings. The molecule has 0 radical (unpaired) electrons. The third kappa shape index (κ3) is 2.64. The summed E-state index contributed by atoms with van der Waals surface area (Å²) in [4.78, 5) is 0. The molecule has 1 aliphatic carbocycles. The van der Waals surface area contributed by atoms with E-state index < -0.39 is 9.84 Å². The minimum absolute atomic E-state index is 0.0614. The molecule has 1 N–H and O–H groups in total. The topological polar surface area (TPSA) is 46.2 Å². The Morgan fingerprint density at radius 3 is 2.57 bits per heavy atom. The van der Waals surface area contributed by atoms with E-state index in [1.54, 1.807) is 0 Å². The van der Waals surface area contributed by atoms with E-state index in [4.69, 9.17) is 0 Å². The van der Waals surface area contributed by atoms with Crippen molar-refractivity contribution in [2.45, 2.75) is 43.8 Å². The summed E-state index contributed by atoms with van der Waals surface area (Å²) in [6.45, 7) is 3.93. The maximum atomic E-state index is 12.3. The minimum Gasteiger partial charge on any atom is -0.316 e. The zero-order valence-electron chi connectivity index (χ0n) is 12.9. The summed E-state index contributed by atoms with van der Waals surface area (Å²) >= 11 is 0. The predicted molar refractivity (Wildman–Crippen MR) is 86.3 cm³/mol. The average Bonchev–Trinajstić information content (AvgIpc) is 2.85. The first kappa shape index (κ1) is 15.0. The second kappa shape index (κ2) is 5.40. The molecule has 1 aromatic carbocycles. The highest BCUT2D eigenvalue weighted by molar-refractivity contribution is 7.91. The summed E-state index contributed by atoms with van der Waals surface area (Å²) in [5.41, 5.74) is 2.49. The summed E-state index contributed by atoms with van der Waals surface area (Å²) < 4.78 is 24.6. The summed E-state index contributed by atoms with van der Waals surface area (Å²) in [6.07, 6.45) is 5.33. The molecule has 0 bridgehead atoms. The van der Waals surface area contributed by atoms with E-state index in [2.05, 4.69) is 36.5 Å². The molecule has 1 spiro atoms. The lowest BCUT2D eigenvalue weighted by Gasteiger charge is -2.45. The summed E-state index contributed by atoms with van der Waals surface area (Å²) in [5, 5.41) is 3.31. The Labute approximate surface area is 128 Å². The highest BCUT2D eigenvalue weighted by Gasteiger charge is 2.53. The maximum absolute atomic E-state index is 12.3. The van der Waals surface area contributed by atoms with Gasteiger partial charge in [-0.2, -0.15) is 0 Å². The Morgan fingerprint density at radius 1 is 1.19 bits per heavy atom. The number of sulfone groups is 1. The van der Waals surface area contributed by atoms with Gasteiger partial charge in [0, 0.05) is 18.7 Å². The van der Waals surface area contributed by atoms with Gasteiger partial charge in [0.05, 0.1) is 5.25 Å². The van der Waals surface area contributed by atoms with Crippen molar-refractivity contribution in [2.75, 3.05) is 19.3 Å². The van der Waals surface area contributed by atoms with Crippen LogP contribution in [-0.2, 0) is 9.84 Å². The fourth-order valence-electron chi connectivity index (χ4n) is 4.58. The third-order valence-electron chi connectivity index (χ3n) is 5.56. The molecular formula is C17H25NO2S. The second-order valence-corrected chi connectivity index (χ2v) is 9.09. The maximum Gasteiger partial charge on any atom is 0.150 e. The van der Waals surface area contributed by atoms with Gasteiger partial charge in [0.25, 0.3) is 0 Å². The monoisotopic (exact) mass is 307 g/mol. The Bertz CT molecular complexity index is 608. The number of nitrogens with one attached hydrogen (secondary N) is 1. The fraction of sp³-hybridized carbons (Fsp3) is 0.647. The number of hydrogen-bond acceptors (Lipinski definition) is 3. The van der Waals surface area contributed by atoms with Crippen LogP contribution in [0.5, 0.6) is 0 Å². The molecule has 2 fully saturated rings.